The standard InChI is InChI=1S/C21H22ClN3/c1-25(20-10-11-20)14-21(17-6-8-19(22)9-7-17)16-4-2-15(3-5-16)18-12-23-24-13-18/h2-9,12-13,20-21H,10-11,14H2,1H3,(H,23,24). The zero-order valence-corrected chi connectivity index (χ0v) is 15.1. The first-order valence-corrected chi connectivity index (χ1v) is 9.13. The number of likely N-dealkylation sites (N-methyl/N-ethyl adjacent to an activating group) is 1. The molecule has 3 aromatic rings. The lowest BCUT2D eigenvalue weighted by Gasteiger charge is -2.25. The maximum atomic E-state index is 6.09. The van der Waals surface area contributed by atoms with Gasteiger partial charge in [-0.1, -0.05) is 48.0 Å². The molecule has 1 unspecified atom stereocenters. The van der Waals surface area contributed by atoms with Crippen LogP contribution in [0.3, 0.4) is 0 Å². The molecule has 1 aliphatic carbocycles. The third kappa shape index (κ3) is 3.78. The van der Waals surface area contributed by atoms with Crippen molar-refractivity contribution in [3.05, 3.63) is 77.1 Å². The lowest BCUT2D eigenvalue weighted by atomic mass is 9.90. The van der Waals surface area contributed by atoms with E-state index < -0.39 is 0 Å². The van der Waals surface area contributed by atoms with Crippen molar-refractivity contribution in [2.45, 2.75) is 24.8 Å². The minimum Gasteiger partial charge on any atom is -0.302 e. The normalized spacial score (nSPS) is 15.5. The molecule has 0 spiro atoms. The van der Waals surface area contributed by atoms with Crippen molar-refractivity contribution in [1.82, 2.24) is 15.1 Å². The van der Waals surface area contributed by atoms with Crippen molar-refractivity contribution in [1.29, 1.82) is 0 Å². The van der Waals surface area contributed by atoms with Crippen LogP contribution in [0.2, 0.25) is 5.02 Å². The number of hydrogen-bond donors (Lipinski definition) is 1. The SMILES string of the molecule is CN(CC(c1ccc(Cl)cc1)c1ccc(-c2cn[nH]c2)cc1)C1CC1. The van der Waals surface area contributed by atoms with E-state index in [2.05, 4.69) is 58.5 Å². The number of benzene rings is 2. The van der Waals surface area contributed by atoms with Gasteiger partial charge < -0.3 is 4.90 Å². The smallest absolute Gasteiger partial charge is 0.0565 e. The second kappa shape index (κ2) is 7.03. The molecule has 0 aliphatic heterocycles. The average molecular weight is 352 g/mol. The van der Waals surface area contributed by atoms with Crippen molar-refractivity contribution in [2.24, 2.45) is 0 Å². The average Bonchev–Trinajstić information content (AvgIpc) is 3.35. The molecular weight excluding hydrogens is 330 g/mol. The Kier molecular flexibility index (Phi) is 4.60. The molecular formula is C21H22ClN3. The lowest BCUT2D eigenvalue weighted by Crippen LogP contribution is -2.27. The maximum Gasteiger partial charge on any atom is 0.0565 e. The predicted molar refractivity (Wildman–Crippen MR) is 103 cm³/mol. The van der Waals surface area contributed by atoms with Gasteiger partial charge in [0.05, 0.1) is 6.20 Å². The number of aromatic amines is 1. The number of rotatable bonds is 6. The summed E-state index contributed by atoms with van der Waals surface area (Å²) in [6.45, 7) is 1.03. The minimum atomic E-state index is 0.348. The summed E-state index contributed by atoms with van der Waals surface area (Å²) in [5.41, 5.74) is 4.95. The summed E-state index contributed by atoms with van der Waals surface area (Å²) in [5.74, 6) is 0.348. The summed E-state index contributed by atoms with van der Waals surface area (Å²) in [7, 11) is 2.24. The lowest BCUT2D eigenvalue weighted by molar-refractivity contribution is 0.313. The van der Waals surface area contributed by atoms with Gasteiger partial charge in [-0.3, -0.25) is 5.10 Å². The Balaban J connectivity index is 1.63. The van der Waals surface area contributed by atoms with E-state index in [1.807, 2.05) is 24.5 Å². The first-order chi connectivity index (χ1) is 12.2. The van der Waals surface area contributed by atoms with Crippen LogP contribution in [0.25, 0.3) is 11.1 Å². The van der Waals surface area contributed by atoms with Crippen LogP contribution in [0.5, 0.6) is 0 Å². The molecule has 1 N–H and O–H groups in total. The Morgan fingerprint density at radius 1 is 1.04 bits per heavy atom. The topological polar surface area (TPSA) is 31.9 Å². The van der Waals surface area contributed by atoms with Gasteiger partial charge in [-0.05, 0) is 48.7 Å². The predicted octanol–water partition coefficient (Wildman–Crippen LogP) is 4.96. The van der Waals surface area contributed by atoms with Crippen LogP contribution >= 0.6 is 11.6 Å². The fourth-order valence-electron chi connectivity index (χ4n) is 3.37. The molecule has 1 aliphatic rings. The molecule has 1 fully saturated rings. The number of halogens is 1. The van der Waals surface area contributed by atoms with Gasteiger partial charge in [-0.2, -0.15) is 5.10 Å². The quantitative estimate of drug-likeness (QED) is 0.681. The van der Waals surface area contributed by atoms with Crippen molar-refractivity contribution in [2.75, 3.05) is 13.6 Å². The Morgan fingerprint density at radius 2 is 1.68 bits per heavy atom. The third-order valence-electron chi connectivity index (χ3n) is 5.06. The molecule has 1 atom stereocenters. The summed E-state index contributed by atoms with van der Waals surface area (Å²) in [6, 6.07) is 17.9. The highest BCUT2D eigenvalue weighted by Gasteiger charge is 2.28. The van der Waals surface area contributed by atoms with Crippen LogP contribution in [0, 0.1) is 0 Å². The molecule has 1 saturated carbocycles. The molecule has 4 rings (SSSR count). The van der Waals surface area contributed by atoms with E-state index in [-0.39, 0.29) is 0 Å². The maximum absolute atomic E-state index is 6.09. The number of H-pyrrole nitrogens is 1. The highest BCUT2D eigenvalue weighted by atomic mass is 35.5. The molecule has 1 aromatic heterocycles. The monoisotopic (exact) mass is 351 g/mol. The van der Waals surface area contributed by atoms with Gasteiger partial charge in [0.15, 0.2) is 0 Å². The summed E-state index contributed by atoms with van der Waals surface area (Å²) >= 11 is 6.09. The van der Waals surface area contributed by atoms with Gasteiger partial charge in [-0.25, -0.2) is 0 Å². The number of aromatic nitrogens is 2. The molecule has 25 heavy (non-hydrogen) atoms. The highest BCUT2D eigenvalue weighted by Crippen LogP contribution is 2.32. The van der Waals surface area contributed by atoms with Crippen LogP contribution in [0.15, 0.2) is 60.9 Å². The van der Waals surface area contributed by atoms with Gasteiger partial charge >= 0.3 is 0 Å². The van der Waals surface area contributed by atoms with Gasteiger partial charge in [0.1, 0.15) is 0 Å². The summed E-state index contributed by atoms with van der Waals surface area (Å²) in [4.78, 5) is 2.49. The molecule has 2 aromatic carbocycles. The molecule has 1 heterocycles. The first-order valence-electron chi connectivity index (χ1n) is 8.75. The molecule has 0 saturated heterocycles. The fraction of sp³-hybridized carbons (Fsp3) is 0.286. The van der Waals surface area contributed by atoms with Crippen LogP contribution in [-0.4, -0.2) is 34.7 Å². The number of nitrogens with zero attached hydrogens (tertiary/aromatic N) is 2. The molecule has 0 radical (unpaired) electrons. The van der Waals surface area contributed by atoms with E-state index in [0.29, 0.717) is 5.92 Å². The van der Waals surface area contributed by atoms with Gasteiger partial charge in [0.2, 0.25) is 0 Å². The van der Waals surface area contributed by atoms with Crippen molar-refractivity contribution >= 4 is 11.6 Å². The second-order valence-electron chi connectivity index (χ2n) is 6.88. The van der Waals surface area contributed by atoms with Crippen LogP contribution in [0.4, 0.5) is 0 Å². The highest BCUT2D eigenvalue weighted by molar-refractivity contribution is 6.30. The second-order valence-corrected chi connectivity index (χ2v) is 7.32. The summed E-state index contributed by atoms with van der Waals surface area (Å²) in [5, 5.41) is 7.69. The van der Waals surface area contributed by atoms with E-state index in [0.717, 1.165) is 23.2 Å². The van der Waals surface area contributed by atoms with Crippen molar-refractivity contribution in [3.8, 4) is 11.1 Å². The van der Waals surface area contributed by atoms with Crippen LogP contribution < -0.4 is 0 Å². The first kappa shape index (κ1) is 16.4. The Morgan fingerprint density at radius 3 is 2.24 bits per heavy atom. The Hall–Kier alpha value is -2.10. The zero-order valence-electron chi connectivity index (χ0n) is 14.3. The third-order valence-corrected chi connectivity index (χ3v) is 5.31. The Bertz CT molecular complexity index is 805. The van der Waals surface area contributed by atoms with Gasteiger partial charge in [-0.15, -0.1) is 0 Å². The summed E-state index contributed by atoms with van der Waals surface area (Å²) < 4.78 is 0. The van der Waals surface area contributed by atoms with E-state index in [4.69, 9.17) is 11.6 Å². The Labute approximate surface area is 153 Å². The van der Waals surface area contributed by atoms with E-state index in [9.17, 15) is 0 Å². The van der Waals surface area contributed by atoms with Crippen LogP contribution in [0.1, 0.15) is 29.9 Å². The fourth-order valence-corrected chi connectivity index (χ4v) is 3.49. The molecule has 3 nitrogen and oxygen atoms in total. The number of hydrogen-bond acceptors (Lipinski definition) is 2. The van der Waals surface area contributed by atoms with Gasteiger partial charge in [0, 0.05) is 35.3 Å². The molecule has 0 amide bonds. The van der Waals surface area contributed by atoms with E-state index in [1.165, 1.54) is 29.5 Å². The zero-order chi connectivity index (χ0) is 17.2. The van der Waals surface area contributed by atoms with Crippen LogP contribution in [-0.2, 0) is 0 Å². The molecule has 0 bridgehead atoms. The van der Waals surface area contributed by atoms with E-state index in [1.54, 1.807) is 0 Å². The minimum absolute atomic E-state index is 0.348. The molecule has 128 valence electrons. The van der Waals surface area contributed by atoms with Gasteiger partial charge in [0.25, 0.3) is 0 Å². The van der Waals surface area contributed by atoms with Crippen molar-refractivity contribution < 1.29 is 0 Å². The molecule has 4 heteroatoms. The van der Waals surface area contributed by atoms with E-state index >= 15 is 0 Å². The number of nitrogens with one attached hydrogen (secondary N) is 1. The van der Waals surface area contributed by atoms with Crippen molar-refractivity contribution in [3.63, 3.8) is 0 Å². The summed E-state index contributed by atoms with van der Waals surface area (Å²) in [6.07, 6.45) is 6.42. The largest absolute Gasteiger partial charge is 0.302 e.